The van der Waals surface area contributed by atoms with Crippen molar-refractivity contribution in [1.29, 1.82) is 0 Å². The Hall–Kier alpha value is -1.58. The normalized spacial score (nSPS) is 10.6. The van der Waals surface area contributed by atoms with E-state index in [-0.39, 0.29) is 12.2 Å². The zero-order chi connectivity index (χ0) is 12.1. The summed E-state index contributed by atoms with van der Waals surface area (Å²) in [5, 5.41) is 0. The monoisotopic (exact) mass is 222 g/mol. The molecule has 0 saturated carbocycles. The molecular weight excluding hydrogens is 204 g/mol. The standard InChI is InChI=1S/C12H18N2O2/c1-6-10-7-13-12(16-9(4)5)14-11(10)15-8(2)3/h6-9H,1H2,2-5H3. The summed E-state index contributed by atoms with van der Waals surface area (Å²) in [6.07, 6.45) is 3.41. The van der Waals surface area contributed by atoms with Crippen molar-refractivity contribution in [1.82, 2.24) is 9.97 Å². The topological polar surface area (TPSA) is 44.2 Å². The molecule has 0 aromatic carbocycles. The SMILES string of the molecule is C=Cc1cnc(OC(C)C)nc1OC(C)C. The molecule has 88 valence electrons. The Morgan fingerprint density at radius 3 is 2.31 bits per heavy atom. The zero-order valence-electron chi connectivity index (χ0n) is 10.2. The van der Waals surface area contributed by atoms with E-state index in [0.29, 0.717) is 11.9 Å². The van der Waals surface area contributed by atoms with Crippen molar-refractivity contribution < 1.29 is 9.47 Å². The highest BCUT2D eigenvalue weighted by Gasteiger charge is 2.09. The average molecular weight is 222 g/mol. The maximum absolute atomic E-state index is 5.56. The Morgan fingerprint density at radius 1 is 1.19 bits per heavy atom. The third kappa shape index (κ3) is 3.53. The molecule has 0 N–H and O–H groups in total. The predicted octanol–water partition coefficient (Wildman–Crippen LogP) is 2.69. The lowest BCUT2D eigenvalue weighted by atomic mass is 10.3. The largest absolute Gasteiger partial charge is 0.474 e. The summed E-state index contributed by atoms with van der Waals surface area (Å²) in [5.41, 5.74) is 0.768. The molecule has 1 aromatic heterocycles. The van der Waals surface area contributed by atoms with Gasteiger partial charge >= 0.3 is 6.01 Å². The molecular formula is C12H18N2O2. The molecule has 0 aliphatic rings. The maximum Gasteiger partial charge on any atom is 0.319 e. The molecule has 0 amide bonds. The lowest BCUT2D eigenvalue weighted by Crippen LogP contribution is -2.12. The number of hydrogen-bond acceptors (Lipinski definition) is 4. The second-order valence-corrected chi connectivity index (χ2v) is 3.95. The third-order valence-corrected chi connectivity index (χ3v) is 1.67. The first kappa shape index (κ1) is 12.5. The van der Waals surface area contributed by atoms with Crippen molar-refractivity contribution in [2.45, 2.75) is 39.9 Å². The molecule has 0 atom stereocenters. The molecule has 1 aromatic rings. The Kier molecular flexibility index (Phi) is 4.28. The smallest absolute Gasteiger partial charge is 0.319 e. The van der Waals surface area contributed by atoms with Crippen molar-refractivity contribution >= 4 is 6.08 Å². The average Bonchev–Trinajstić information content (AvgIpc) is 2.16. The van der Waals surface area contributed by atoms with Crippen LogP contribution in [0.3, 0.4) is 0 Å². The lowest BCUT2D eigenvalue weighted by molar-refractivity contribution is 0.203. The second kappa shape index (κ2) is 5.49. The molecule has 0 spiro atoms. The number of rotatable bonds is 5. The highest BCUT2D eigenvalue weighted by Crippen LogP contribution is 2.20. The van der Waals surface area contributed by atoms with E-state index in [4.69, 9.17) is 9.47 Å². The minimum absolute atomic E-state index is 0.0430. The van der Waals surface area contributed by atoms with Gasteiger partial charge in [0.05, 0.1) is 17.8 Å². The van der Waals surface area contributed by atoms with Gasteiger partial charge < -0.3 is 9.47 Å². The molecule has 0 aliphatic carbocycles. The first-order chi connectivity index (χ1) is 7.52. The van der Waals surface area contributed by atoms with Gasteiger partial charge in [0.2, 0.25) is 5.88 Å². The Balaban J connectivity index is 2.96. The van der Waals surface area contributed by atoms with Crippen LogP contribution >= 0.6 is 0 Å². The van der Waals surface area contributed by atoms with Gasteiger partial charge in [-0.25, -0.2) is 4.98 Å². The van der Waals surface area contributed by atoms with E-state index in [1.165, 1.54) is 0 Å². The molecule has 0 unspecified atom stereocenters. The van der Waals surface area contributed by atoms with Crippen LogP contribution in [0.4, 0.5) is 0 Å². The molecule has 4 nitrogen and oxygen atoms in total. The Morgan fingerprint density at radius 2 is 1.81 bits per heavy atom. The first-order valence-corrected chi connectivity index (χ1v) is 5.35. The molecule has 0 saturated heterocycles. The number of nitrogens with zero attached hydrogens (tertiary/aromatic N) is 2. The van der Waals surface area contributed by atoms with Crippen molar-refractivity contribution in [3.63, 3.8) is 0 Å². The van der Waals surface area contributed by atoms with Gasteiger partial charge in [-0.2, -0.15) is 4.98 Å². The summed E-state index contributed by atoms with van der Waals surface area (Å²) in [6, 6.07) is 0.330. The van der Waals surface area contributed by atoms with Crippen LogP contribution in [0.1, 0.15) is 33.3 Å². The highest BCUT2D eigenvalue weighted by atomic mass is 16.5. The van der Waals surface area contributed by atoms with E-state index >= 15 is 0 Å². The van der Waals surface area contributed by atoms with Crippen LogP contribution in [-0.2, 0) is 0 Å². The molecule has 4 heteroatoms. The Bertz CT molecular complexity index is 362. The van der Waals surface area contributed by atoms with E-state index in [0.717, 1.165) is 5.56 Å². The molecule has 0 bridgehead atoms. The molecule has 1 heterocycles. The summed E-state index contributed by atoms with van der Waals surface area (Å²) >= 11 is 0. The number of aromatic nitrogens is 2. The van der Waals surface area contributed by atoms with E-state index < -0.39 is 0 Å². The lowest BCUT2D eigenvalue weighted by Gasteiger charge is -2.13. The fourth-order valence-corrected chi connectivity index (χ4v) is 1.09. The summed E-state index contributed by atoms with van der Waals surface area (Å²) < 4.78 is 11.0. The van der Waals surface area contributed by atoms with Gasteiger partial charge in [-0.3, -0.25) is 0 Å². The van der Waals surface area contributed by atoms with Crippen molar-refractivity contribution in [3.8, 4) is 11.9 Å². The van der Waals surface area contributed by atoms with Crippen molar-refractivity contribution in [3.05, 3.63) is 18.3 Å². The fraction of sp³-hybridized carbons (Fsp3) is 0.500. The van der Waals surface area contributed by atoms with Crippen LogP contribution in [0, 0.1) is 0 Å². The van der Waals surface area contributed by atoms with Crippen LogP contribution in [0.5, 0.6) is 11.9 Å². The third-order valence-electron chi connectivity index (χ3n) is 1.67. The summed E-state index contributed by atoms with van der Waals surface area (Å²) in [4.78, 5) is 8.27. The number of hydrogen-bond donors (Lipinski definition) is 0. The predicted molar refractivity (Wildman–Crippen MR) is 63.7 cm³/mol. The van der Waals surface area contributed by atoms with E-state index in [2.05, 4.69) is 16.5 Å². The van der Waals surface area contributed by atoms with Gasteiger partial charge in [0, 0.05) is 6.20 Å². The number of ether oxygens (including phenoxy) is 2. The quantitative estimate of drug-likeness (QED) is 0.768. The minimum atomic E-state index is 0.0430. The molecule has 1 rings (SSSR count). The van der Waals surface area contributed by atoms with Gasteiger partial charge in [0.15, 0.2) is 0 Å². The van der Waals surface area contributed by atoms with E-state index in [9.17, 15) is 0 Å². The second-order valence-electron chi connectivity index (χ2n) is 3.95. The maximum atomic E-state index is 5.56. The van der Waals surface area contributed by atoms with Crippen LogP contribution in [0.15, 0.2) is 12.8 Å². The van der Waals surface area contributed by atoms with Gasteiger partial charge in [-0.1, -0.05) is 12.7 Å². The van der Waals surface area contributed by atoms with E-state index in [1.54, 1.807) is 12.3 Å². The fourth-order valence-electron chi connectivity index (χ4n) is 1.09. The summed E-state index contributed by atoms with van der Waals surface area (Å²) in [5.74, 6) is 0.510. The van der Waals surface area contributed by atoms with Crippen LogP contribution in [0.2, 0.25) is 0 Å². The summed E-state index contributed by atoms with van der Waals surface area (Å²) in [6.45, 7) is 11.4. The van der Waals surface area contributed by atoms with Gasteiger partial charge in [0.1, 0.15) is 0 Å². The van der Waals surface area contributed by atoms with E-state index in [1.807, 2.05) is 27.7 Å². The summed E-state index contributed by atoms with van der Waals surface area (Å²) in [7, 11) is 0. The molecule has 16 heavy (non-hydrogen) atoms. The van der Waals surface area contributed by atoms with Gasteiger partial charge in [0.25, 0.3) is 0 Å². The van der Waals surface area contributed by atoms with Gasteiger partial charge in [-0.15, -0.1) is 0 Å². The van der Waals surface area contributed by atoms with Crippen molar-refractivity contribution in [2.75, 3.05) is 0 Å². The van der Waals surface area contributed by atoms with Gasteiger partial charge in [-0.05, 0) is 27.7 Å². The minimum Gasteiger partial charge on any atom is -0.474 e. The Labute approximate surface area is 96.3 Å². The van der Waals surface area contributed by atoms with Crippen LogP contribution in [0.25, 0.3) is 6.08 Å². The van der Waals surface area contributed by atoms with Crippen LogP contribution in [-0.4, -0.2) is 22.2 Å². The molecule has 0 radical (unpaired) electrons. The highest BCUT2D eigenvalue weighted by molar-refractivity contribution is 5.51. The van der Waals surface area contributed by atoms with Crippen LogP contribution < -0.4 is 9.47 Å². The zero-order valence-corrected chi connectivity index (χ0v) is 10.2. The van der Waals surface area contributed by atoms with Crippen molar-refractivity contribution in [2.24, 2.45) is 0 Å². The first-order valence-electron chi connectivity index (χ1n) is 5.35. The molecule has 0 aliphatic heterocycles. The molecule has 0 fully saturated rings.